The Morgan fingerprint density at radius 1 is 1.29 bits per heavy atom. The zero-order chi connectivity index (χ0) is 11.8. The van der Waals surface area contributed by atoms with Gasteiger partial charge in [0.25, 0.3) is 0 Å². The van der Waals surface area contributed by atoms with Crippen LogP contribution in [0.2, 0.25) is 0 Å². The number of H-pyrrole nitrogens is 1. The van der Waals surface area contributed by atoms with Crippen molar-refractivity contribution in [1.82, 2.24) is 15.4 Å². The number of hydrogen-bond donors (Lipinski definition) is 2. The molecule has 0 atom stereocenters. The van der Waals surface area contributed by atoms with E-state index in [1.165, 1.54) is 6.20 Å². The minimum absolute atomic E-state index is 0.371. The maximum Gasteiger partial charge on any atom is 0.345 e. The molecule has 2 heterocycles. The number of hydrogen-bond acceptors (Lipinski definition) is 5. The largest absolute Gasteiger partial charge is 0.422 e. The average molecular weight is 228 g/mol. The van der Waals surface area contributed by atoms with Crippen molar-refractivity contribution in [3.05, 3.63) is 40.9 Å². The Kier molecular flexibility index (Phi) is 1.94. The van der Waals surface area contributed by atoms with Crippen molar-refractivity contribution in [3.63, 3.8) is 0 Å². The van der Waals surface area contributed by atoms with Crippen molar-refractivity contribution in [1.29, 1.82) is 0 Å². The van der Waals surface area contributed by atoms with E-state index >= 15 is 0 Å². The van der Waals surface area contributed by atoms with Crippen molar-refractivity contribution in [3.8, 4) is 11.3 Å². The lowest BCUT2D eigenvalue weighted by Gasteiger charge is -2.00. The topological polar surface area (TPSA) is 97.8 Å². The molecule has 0 aliphatic rings. The van der Waals surface area contributed by atoms with Crippen LogP contribution in [0.5, 0.6) is 0 Å². The summed E-state index contributed by atoms with van der Waals surface area (Å²) in [5.41, 5.74) is 6.99. The first-order valence-electron chi connectivity index (χ1n) is 4.93. The minimum Gasteiger partial charge on any atom is -0.422 e. The van der Waals surface area contributed by atoms with Crippen molar-refractivity contribution in [2.24, 2.45) is 0 Å². The fraction of sp³-hybridized carbons (Fsp3) is 0. The van der Waals surface area contributed by atoms with Gasteiger partial charge >= 0.3 is 5.63 Å². The molecule has 2 aromatic heterocycles. The molecule has 3 rings (SSSR count). The van der Waals surface area contributed by atoms with Gasteiger partial charge < -0.3 is 10.2 Å². The van der Waals surface area contributed by atoms with Crippen LogP contribution in [-0.2, 0) is 0 Å². The van der Waals surface area contributed by atoms with Gasteiger partial charge in [0.15, 0.2) is 0 Å². The minimum atomic E-state index is -0.461. The fourth-order valence-electron chi connectivity index (χ4n) is 1.64. The maximum absolute atomic E-state index is 11.8. The van der Waals surface area contributed by atoms with Crippen molar-refractivity contribution >= 4 is 16.7 Å². The molecular weight excluding hydrogens is 220 g/mol. The van der Waals surface area contributed by atoms with E-state index in [9.17, 15) is 4.79 Å². The second-order valence-electron chi connectivity index (χ2n) is 3.60. The smallest absolute Gasteiger partial charge is 0.345 e. The quantitative estimate of drug-likeness (QED) is 0.481. The molecule has 0 radical (unpaired) electrons. The van der Waals surface area contributed by atoms with Gasteiger partial charge in [0.1, 0.15) is 11.3 Å². The average Bonchev–Trinajstić information content (AvgIpc) is 2.81. The summed E-state index contributed by atoms with van der Waals surface area (Å²) in [6, 6.07) is 6.86. The summed E-state index contributed by atoms with van der Waals surface area (Å²) in [6.45, 7) is 0. The highest BCUT2D eigenvalue weighted by molar-refractivity contribution is 5.83. The van der Waals surface area contributed by atoms with Crippen molar-refractivity contribution < 1.29 is 4.42 Å². The molecule has 0 amide bonds. The number of nitrogens with zero attached hydrogens (tertiary/aromatic N) is 2. The second-order valence-corrected chi connectivity index (χ2v) is 3.60. The summed E-state index contributed by atoms with van der Waals surface area (Å²) >= 11 is 0. The van der Waals surface area contributed by atoms with E-state index in [-0.39, 0.29) is 0 Å². The first-order chi connectivity index (χ1) is 8.24. The van der Waals surface area contributed by atoms with Crippen LogP contribution in [0.4, 0.5) is 5.69 Å². The fourth-order valence-corrected chi connectivity index (χ4v) is 1.64. The number of rotatable bonds is 1. The number of anilines is 1. The number of aromatic amines is 1. The highest BCUT2D eigenvalue weighted by atomic mass is 16.4. The van der Waals surface area contributed by atoms with E-state index in [1.807, 2.05) is 0 Å². The molecule has 3 N–H and O–H groups in total. The van der Waals surface area contributed by atoms with Gasteiger partial charge in [-0.25, -0.2) is 4.79 Å². The molecule has 1 aromatic carbocycles. The molecule has 17 heavy (non-hydrogen) atoms. The number of nitrogens with two attached hydrogens (primary N) is 1. The first kappa shape index (κ1) is 9.59. The van der Waals surface area contributed by atoms with Crippen LogP contribution in [0.15, 0.2) is 39.7 Å². The summed E-state index contributed by atoms with van der Waals surface area (Å²) in [6.07, 6.45) is 1.47. The predicted molar refractivity (Wildman–Crippen MR) is 62.3 cm³/mol. The predicted octanol–water partition coefficient (Wildman–Crippen LogP) is 1.16. The number of benzene rings is 1. The van der Waals surface area contributed by atoms with Crippen LogP contribution in [0.1, 0.15) is 0 Å². The Bertz CT molecular complexity index is 731. The first-order valence-corrected chi connectivity index (χ1v) is 4.93. The number of nitrogens with one attached hydrogen (secondary N) is 1. The molecule has 0 spiro atoms. The van der Waals surface area contributed by atoms with E-state index in [0.29, 0.717) is 22.5 Å². The summed E-state index contributed by atoms with van der Waals surface area (Å²) in [4.78, 5) is 11.8. The van der Waals surface area contributed by atoms with Crippen LogP contribution >= 0.6 is 0 Å². The van der Waals surface area contributed by atoms with Crippen molar-refractivity contribution in [2.75, 3.05) is 5.73 Å². The van der Waals surface area contributed by atoms with Crippen LogP contribution in [0.3, 0.4) is 0 Å². The normalized spacial score (nSPS) is 10.8. The van der Waals surface area contributed by atoms with Crippen LogP contribution in [0.25, 0.3) is 22.2 Å². The van der Waals surface area contributed by atoms with Gasteiger partial charge in [-0.15, -0.1) is 0 Å². The summed E-state index contributed by atoms with van der Waals surface area (Å²) in [5.74, 6) is 0. The molecule has 0 unspecified atom stereocenters. The summed E-state index contributed by atoms with van der Waals surface area (Å²) in [7, 11) is 0. The van der Waals surface area contributed by atoms with Gasteiger partial charge in [-0.05, 0) is 18.2 Å². The Morgan fingerprint density at radius 2 is 2.18 bits per heavy atom. The Morgan fingerprint density at radius 3 is 2.94 bits per heavy atom. The SMILES string of the molecule is Nc1ccc2cc(-c3cn[nH]n3)c(=O)oc2c1. The van der Waals surface area contributed by atoms with E-state index < -0.39 is 5.63 Å². The van der Waals surface area contributed by atoms with E-state index in [1.54, 1.807) is 24.3 Å². The maximum atomic E-state index is 11.8. The van der Waals surface area contributed by atoms with Crippen LogP contribution in [0, 0.1) is 0 Å². The summed E-state index contributed by atoms with van der Waals surface area (Å²) < 4.78 is 5.18. The molecule has 0 bridgehead atoms. The molecule has 0 saturated carbocycles. The Labute approximate surface area is 95.1 Å². The lowest BCUT2D eigenvalue weighted by molar-refractivity contribution is 0.563. The molecule has 0 saturated heterocycles. The van der Waals surface area contributed by atoms with Gasteiger partial charge in [0, 0.05) is 17.1 Å². The zero-order valence-electron chi connectivity index (χ0n) is 8.68. The third-order valence-electron chi connectivity index (χ3n) is 2.45. The second kappa shape index (κ2) is 3.44. The highest BCUT2D eigenvalue weighted by Crippen LogP contribution is 2.20. The zero-order valence-corrected chi connectivity index (χ0v) is 8.68. The molecule has 0 aliphatic carbocycles. The van der Waals surface area contributed by atoms with E-state index in [2.05, 4.69) is 15.4 Å². The standard InChI is InChI=1S/C11H8N4O2/c12-7-2-1-6-3-8(9-5-13-15-14-9)11(16)17-10(6)4-7/h1-5H,12H2,(H,13,14,15). The molecule has 84 valence electrons. The molecule has 6 nitrogen and oxygen atoms in total. The van der Waals surface area contributed by atoms with E-state index in [4.69, 9.17) is 10.2 Å². The lowest BCUT2D eigenvalue weighted by Crippen LogP contribution is -2.03. The molecular formula is C11H8N4O2. The van der Waals surface area contributed by atoms with Crippen LogP contribution in [-0.4, -0.2) is 15.4 Å². The monoisotopic (exact) mass is 228 g/mol. The molecule has 0 aliphatic heterocycles. The number of fused-ring (bicyclic) bond motifs is 1. The van der Waals surface area contributed by atoms with Gasteiger partial charge in [-0.3, -0.25) is 0 Å². The third kappa shape index (κ3) is 1.55. The lowest BCUT2D eigenvalue weighted by atomic mass is 10.1. The molecule has 6 heteroatoms. The number of nitrogen functional groups attached to an aromatic ring is 1. The van der Waals surface area contributed by atoms with Gasteiger partial charge in [0.2, 0.25) is 0 Å². The van der Waals surface area contributed by atoms with Gasteiger partial charge in [-0.2, -0.15) is 15.4 Å². The van der Waals surface area contributed by atoms with Gasteiger partial charge in [0.05, 0.1) is 11.8 Å². The molecule has 0 fully saturated rings. The highest BCUT2D eigenvalue weighted by Gasteiger charge is 2.09. The van der Waals surface area contributed by atoms with Crippen LogP contribution < -0.4 is 11.4 Å². The Hall–Kier alpha value is -2.63. The van der Waals surface area contributed by atoms with Crippen molar-refractivity contribution in [2.45, 2.75) is 0 Å². The van der Waals surface area contributed by atoms with E-state index in [0.717, 1.165) is 5.39 Å². The number of aromatic nitrogens is 3. The van der Waals surface area contributed by atoms with Gasteiger partial charge in [-0.1, -0.05) is 0 Å². The summed E-state index contributed by atoms with van der Waals surface area (Å²) in [5, 5.41) is 10.7. The third-order valence-corrected chi connectivity index (χ3v) is 2.45. The molecule has 3 aromatic rings. The Balaban J connectivity index is 2.32.